The highest BCUT2D eigenvalue weighted by Gasteiger charge is 2.28. The Morgan fingerprint density at radius 3 is 2.33 bits per heavy atom. The summed E-state index contributed by atoms with van der Waals surface area (Å²) in [5.41, 5.74) is 1.52. The van der Waals surface area contributed by atoms with Gasteiger partial charge in [-0.1, -0.05) is 42.5 Å². The molecule has 3 aromatic rings. The second-order valence-corrected chi connectivity index (χ2v) is 7.63. The molecule has 1 aromatic heterocycles. The van der Waals surface area contributed by atoms with E-state index in [2.05, 4.69) is 10.6 Å². The molecule has 1 saturated heterocycles. The second kappa shape index (κ2) is 10.6. The predicted molar refractivity (Wildman–Crippen MR) is 122 cm³/mol. The molecule has 3 amide bonds. The highest BCUT2D eigenvalue weighted by Crippen LogP contribution is 2.18. The average molecular weight is 447 g/mol. The predicted octanol–water partition coefficient (Wildman–Crippen LogP) is 2.73. The number of ether oxygens (including phenoxy) is 1. The lowest BCUT2D eigenvalue weighted by molar-refractivity contribution is -0.137. The highest BCUT2D eigenvalue weighted by molar-refractivity contribution is 6.08. The van der Waals surface area contributed by atoms with Gasteiger partial charge in [-0.15, -0.1) is 0 Å². The Morgan fingerprint density at radius 1 is 0.879 bits per heavy atom. The van der Waals surface area contributed by atoms with Crippen molar-refractivity contribution in [2.45, 2.75) is 12.5 Å². The van der Waals surface area contributed by atoms with Crippen LogP contribution in [0.4, 0.5) is 5.69 Å². The highest BCUT2D eigenvalue weighted by atomic mass is 16.5. The van der Waals surface area contributed by atoms with Gasteiger partial charge in [0.05, 0.1) is 30.7 Å². The van der Waals surface area contributed by atoms with E-state index in [4.69, 9.17) is 9.15 Å². The summed E-state index contributed by atoms with van der Waals surface area (Å²) >= 11 is 0. The van der Waals surface area contributed by atoms with Gasteiger partial charge in [0.25, 0.3) is 11.8 Å². The van der Waals surface area contributed by atoms with E-state index in [1.54, 1.807) is 35.2 Å². The molecule has 2 heterocycles. The van der Waals surface area contributed by atoms with Crippen LogP contribution in [0.5, 0.6) is 0 Å². The van der Waals surface area contributed by atoms with Gasteiger partial charge in [0.1, 0.15) is 6.04 Å². The Balaban J connectivity index is 1.54. The van der Waals surface area contributed by atoms with Gasteiger partial charge in [0, 0.05) is 19.5 Å². The summed E-state index contributed by atoms with van der Waals surface area (Å²) in [6.45, 7) is 1.91. The maximum atomic E-state index is 13.3. The molecule has 8 nitrogen and oxygen atoms in total. The number of nitrogens with zero attached hydrogens (tertiary/aromatic N) is 1. The molecule has 1 atom stereocenters. The summed E-state index contributed by atoms with van der Waals surface area (Å²) in [5, 5.41) is 5.59. The van der Waals surface area contributed by atoms with Crippen LogP contribution in [-0.2, 0) is 16.0 Å². The smallest absolute Gasteiger partial charge is 0.291 e. The zero-order valence-corrected chi connectivity index (χ0v) is 18.0. The van der Waals surface area contributed by atoms with Gasteiger partial charge in [-0.25, -0.2) is 0 Å². The number of carbonyl (C=O) groups excluding carboxylic acids is 3. The lowest BCUT2D eigenvalue weighted by Crippen LogP contribution is -2.52. The van der Waals surface area contributed by atoms with Crippen molar-refractivity contribution in [2.24, 2.45) is 0 Å². The zero-order valence-electron chi connectivity index (χ0n) is 18.0. The first-order valence-electron chi connectivity index (χ1n) is 10.8. The van der Waals surface area contributed by atoms with E-state index in [-0.39, 0.29) is 17.2 Å². The molecule has 33 heavy (non-hydrogen) atoms. The Kier molecular flexibility index (Phi) is 7.16. The lowest BCUT2D eigenvalue weighted by Gasteiger charge is -2.31. The fourth-order valence-corrected chi connectivity index (χ4v) is 3.67. The molecule has 8 heteroatoms. The molecule has 1 fully saturated rings. The van der Waals surface area contributed by atoms with Crippen molar-refractivity contribution in [3.63, 3.8) is 0 Å². The molecule has 0 aliphatic carbocycles. The molecule has 1 aliphatic rings. The van der Waals surface area contributed by atoms with Crippen molar-refractivity contribution >= 4 is 23.4 Å². The third-order valence-electron chi connectivity index (χ3n) is 5.37. The van der Waals surface area contributed by atoms with Crippen molar-refractivity contribution in [1.82, 2.24) is 10.2 Å². The summed E-state index contributed by atoms with van der Waals surface area (Å²) in [4.78, 5) is 40.6. The van der Waals surface area contributed by atoms with E-state index in [9.17, 15) is 14.4 Å². The molecule has 0 radical (unpaired) electrons. The fraction of sp³-hybridized carbons (Fsp3) is 0.240. The molecule has 0 spiro atoms. The van der Waals surface area contributed by atoms with Crippen LogP contribution in [0.3, 0.4) is 0 Å². The molecule has 4 rings (SSSR count). The first-order chi connectivity index (χ1) is 16.1. The van der Waals surface area contributed by atoms with E-state index in [1.807, 2.05) is 30.3 Å². The second-order valence-electron chi connectivity index (χ2n) is 7.63. The molecule has 2 aromatic carbocycles. The topological polar surface area (TPSA) is 101 Å². The van der Waals surface area contributed by atoms with Crippen LogP contribution in [0, 0.1) is 0 Å². The normalized spacial score (nSPS) is 14.4. The van der Waals surface area contributed by atoms with Gasteiger partial charge in [-0.3, -0.25) is 14.4 Å². The minimum absolute atomic E-state index is 0.134. The number of furan rings is 1. The van der Waals surface area contributed by atoms with E-state index in [0.29, 0.717) is 38.4 Å². The third kappa shape index (κ3) is 5.67. The molecular weight excluding hydrogens is 422 g/mol. The quantitative estimate of drug-likeness (QED) is 0.580. The van der Waals surface area contributed by atoms with Gasteiger partial charge in [-0.2, -0.15) is 0 Å². The van der Waals surface area contributed by atoms with Crippen molar-refractivity contribution in [1.29, 1.82) is 0 Å². The first-order valence-corrected chi connectivity index (χ1v) is 10.8. The minimum Gasteiger partial charge on any atom is -0.459 e. The van der Waals surface area contributed by atoms with Crippen molar-refractivity contribution < 1.29 is 23.5 Å². The number of rotatable bonds is 7. The number of morpholine rings is 1. The Labute approximate surface area is 191 Å². The molecule has 0 bridgehead atoms. The van der Waals surface area contributed by atoms with Crippen LogP contribution in [0.15, 0.2) is 77.4 Å². The SMILES string of the molecule is O=C(Nc1ccccc1C(=O)N[C@H](Cc1ccccc1)C(=O)N1CCOCC1)c1ccco1. The summed E-state index contributed by atoms with van der Waals surface area (Å²) in [5.74, 6) is -0.944. The number of hydrogen-bond donors (Lipinski definition) is 2. The van der Waals surface area contributed by atoms with Crippen LogP contribution in [-0.4, -0.2) is 55.0 Å². The van der Waals surface area contributed by atoms with E-state index < -0.39 is 17.9 Å². The van der Waals surface area contributed by atoms with E-state index in [1.165, 1.54) is 12.3 Å². The zero-order chi connectivity index (χ0) is 23.0. The molecule has 1 aliphatic heterocycles. The number of hydrogen-bond acceptors (Lipinski definition) is 5. The Hall–Kier alpha value is -3.91. The summed E-state index contributed by atoms with van der Waals surface area (Å²) in [6, 6.07) is 18.6. The van der Waals surface area contributed by atoms with Crippen LogP contribution in [0.1, 0.15) is 26.5 Å². The first kappa shape index (κ1) is 22.3. The minimum atomic E-state index is -0.758. The number of benzene rings is 2. The number of amides is 3. The number of anilines is 1. The molecular formula is C25H25N3O5. The maximum absolute atomic E-state index is 13.3. The number of para-hydroxylation sites is 1. The Bertz CT molecular complexity index is 1090. The van der Waals surface area contributed by atoms with Crippen LogP contribution in [0.2, 0.25) is 0 Å². The van der Waals surface area contributed by atoms with Gasteiger partial charge in [-0.05, 0) is 29.8 Å². The molecule has 0 unspecified atom stereocenters. The van der Waals surface area contributed by atoms with Crippen LogP contribution in [0.25, 0.3) is 0 Å². The Morgan fingerprint density at radius 2 is 1.61 bits per heavy atom. The van der Waals surface area contributed by atoms with Gasteiger partial charge >= 0.3 is 0 Å². The monoisotopic (exact) mass is 447 g/mol. The summed E-state index contributed by atoms with van der Waals surface area (Å²) in [6.07, 6.45) is 1.75. The average Bonchev–Trinajstić information content (AvgIpc) is 3.40. The molecule has 0 saturated carbocycles. The van der Waals surface area contributed by atoms with Gasteiger partial charge in [0.2, 0.25) is 5.91 Å². The van der Waals surface area contributed by atoms with Crippen molar-refractivity contribution in [2.75, 3.05) is 31.6 Å². The fourth-order valence-electron chi connectivity index (χ4n) is 3.67. The maximum Gasteiger partial charge on any atom is 0.291 e. The molecule has 170 valence electrons. The molecule has 2 N–H and O–H groups in total. The number of carbonyl (C=O) groups is 3. The van der Waals surface area contributed by atoms with Crippen LogP contribution < -0.4 is 10.6 Å². The largest absolute Gasteiger partial charge is 0.459 e. The van der Waals surface area contributed by atoms with Gasteiger partial charge < -0.3 is 24.7 Å². The van der Waals surface area contributed by atoms with Crippen molar-refractivity contribution in [3.8, 4) is 0 Å². The van der Waals surface area contributed by atoms with E-state index >= 15 is 0 Å². The van der Waals surface area contributed by atoms with Gasteiger partial charge in [0.15, 0.2) is 5.76 Å². The lowest BCUT2D eigenvalue weighted by atomic mass is 10.0. The van der Waals surface area contributed by atoms with Crippen molar-refractivity contribution in [3.05, 3.63) is 89.9 Å². The number of nitrogens with one attached hydrogen (secondary N) is 2. The third-order valence-corrected chi connectivity index (χ3v) is 5.37. The standard InChI is InChI=1S/C25H25N3O5/c29-23(19-9-4-5-10-20(19)26-24(30)22-11-6-14-33-22)27-21(17-18-7-2-1-3-8-18)25(31)28-12-15-32-16-13-28/h1-11,14,21H,12-13,15-17H2,(H,26,30)(H,27,29)/t21-/m1/s1. The van der Waals surface area contributed by atoms with Crippen LogP contribution >= 0.6 is 0 Å². The van der Waals surface area contributed by atoms with E-state index in [0.717, 1.165) is 5.56 Å². The summed E-state index contributed by atoms with van der Waals surface area (Å²) < 4.78 is 10.5. The summed E-state index contributed by atoms with van der Waals surface area (Å²) in [7, 11) is 0.